The van der Waals surface area contributed by atoms with Crippen LogP contribution in [-0.4, -0.2) is 70.6 Å². The van der Waals surface area contributed by atoms with Crippen molar-refractivity contribution in [2.45, 2.75) is 97.5 Å². The first-order valence-electron chi connectivity index (χ1n) is 19.3. The van der Waals surface area contributed by atoms with Crippen LogP contribution < -0.4 is 26.6 Å². The monoisotopic (exact) mass is 735 g/mol. The van der Waals surface area contributed by atoms with E-state index in [0.29, 0.717) is 36.1 Å². The maximum absolute atomic E-state index is 13.7. The van der Waals surface area contributed by atoms with E-state index < -0.39 is 0 Å². The summed E-state index contributed by atoms with van der Waals surface area (Å²) in [6.45, 7) is 14.4. The van der Waals surface area contributed by atoms with Gasteiger partial charge in [0.15, 0.2) is 0 Å². The van der Waals surface area contributed by atoms with Gasteiger partial charge in [-0.25, -0.2) is 9.79 Å². The van der Waals surface area contributed by atoms with Crippen LogP contribution in [-0.2, 0) is 11.3 Å². The average molecular weight is 736 g/mol. The Balaban J connectivity index is 1.17. The lowest BCUT2D eigenvalue weighted by Crippen LogP contribution is -2.51. The number of urea groups is 1. The van der Waals surface area contributed by atoms with E-state index in [1.807, 2.05) is 63.2 Å². The summed E-state index contributed by atoms with van der Waals surface area (Å²) in [5, 5.41) is 23.8. The van der Waals surface area contributed by atoms with Gasteiger partial charge >= 0.3 is 6.03 Å². The van der Waals surface area contributed by atoms with Gasteiger partial charge in [0.2, 0.25) is 5.96 Å². The molecular formula is C42H57N9O3. The number of allylic oxidation sites excluding steroid dienone is 1. The Kier molecular flexibility index (Phi) is 12.2. The molecule has 4 unspecified atom stereocenters. The van der Waals surface area contributed by atoms with Gasteiger partial charge in [-0.3, -0.25) is 25.6 Å². The van der Waals surface area contributed by atoms with E-state index in [4.69, 9.17) is 31.0 Å². The number of amides is 2. The lowest BCUT2D eigenvalue weighted by Gasteiger charge is -2.41. The van der Waals surface area contributed by atoms with Crippen LogP contribution >= 0.6 is 0 Å². The standard InChI is InChI=1S/C42H57N9O3/c1-28-10-8-11-29(2)51(28)40(45)50-27-32(16-19-38(50)44)54-36-18-17-35(33-14-6-7-15-34(33)36)47-41(52)48-39(25-37(43)42(3,4)5)46-31-13-9-12-30(24-31)26-49-20-22-53-23-21-49/h6-7,9,12-16,19,24-25,27-29,35-36,44-45H,8,10-11,17-18,20-23,26,43H2,1-5H3,(H2,46,47,48,52)/b37-25-,44-38?,45-40?. The Bertz CT molecular complexity index is 1910. The van der Waals surface area contributed by atoms with Crippen molar-refractivity contribution in [3.63, 3.8) is 0 Å². The molecule has 288 valence electrons. The molecule has 0 spiro atoms. The second-order valence-corrected chi connectivity index (χ2v) is 15.8. The van der Waals surface area contributed by atoms with E-state index in [0.717, 1.165) is 74.5 Å². The molecule has 0 saturated carbocycles. The molecule has 0 bridgehead atoms. The van der Waals surface area contributed by atoms with Gasteiger partial charge in [0.1, 0.15) is 23.2 Å². The molecule has 6 rings (SSSR count). The topological polar surface area (TPSA) is 157 Å². The number of nitrogens with two attached hydrogens (primary N) is 1. The normalized spacial score (nSPS) is 22.6. The predicted molar refractivity (Wildman–Crippen MR) is 213 cm³/mol. The summed E-state index contributed by atoms with van der Waals surface area (Å²) in [7, 11) is 0. The van der Waals surface area contributed by atoms with Crippen molar-refractivity contribution in [2.24, 2.45) is 16.1 Å². The molecule has 54 heavy (non-hydrogen) atoms. The van der Waals surface area contributed by atoms with Gasteiger partial charge < -0.3 is 25.4 Å². The second kappa shape index (κ2) is 17.0. The summed E-state index contributed by atoms with van der Waals surface area (Å²) in [6.07, 6.45) is 7.77. The van der Waals surface area contributed by atoms with Gasteiger partial charge in [0.05, 0.1) is 31.1 Å². The zero-order valence-corrected chi connectivity index (χ0v) is 32.4. The SMILES string of the molecule is CC1CCCC(C)N1C(=N)n1cc(OC2CCC(NC(=O)NC(/C=C(\N)C(C)(C)C)=Nc3cccc(CN4CCOCC4)c3)c3ccccc32)ccc1=N. The van der Waals surface area contributed by atoms with Crippen LogP contribution in [0.3, 0.4) is 0 Å². The van der Waals surface area contributed by atoms with Gasteiger partial charge in [-0.2, -0.15) is 0 Å². The Morgan fingerprint density at radius 3 is 2.44 bits per heavy atom. The van der Waals surface area contributed by atoms with Gasteiger partial charge in [-0.05, 0) is 86.9 Å². The van der Waals surface area contributed by atoms with Gasteiger partial charge in [0, 0.05) is 48.9 Å². The number of aromatic nitrogens is 1. The molecule has 0 radical (unpaired) electrons. The molecule has 2 aromatic carbocycles. The molecule has 6 N–H and O–H groups in total. The number of carbonyl (C=O) groups excluding carboxylic acids is 1. The third-order valence-corrected chi connectivity index (χ3v) is 10.7. The zero-order chi connectivity index (χ0) is 38.4. The summed E-state index contributed by atoms with van der Waals surface area (Å²) in [5.41, 5.74) is 10.9. The van der Waals surface area contributed by atoms with Crippen molar-refractivity contribution in [2.75, 3.05) is 26.3 Å². The highest BCUT2D eigenvalue weighted by atomic mass is 16.5. The minimum Gasteiger partial charge on any atom is -0.484 e. The number of aliphatic imine (C=N–C) groups is 1. The number of benzene rings is 2. The Hall–Kier alpha value is -4.94. The number of hydrogen-bond acceptors (Lipinski definition) is 8. The third kappa shape index (κ3) is 9.58. The molecule has 2 amide bonds. The first kappa shape index (κ1) is 38.8. The number of rotatable bonds is 7. The average Bonchev–Trinajstić information content (AvgIpc) is 3.13. The molecule has 3 heterocycles. The Morgan fingerprint density at radius 2 is 1.72 bits per heavy atom. The van der Waals surface area contributed by atoms with E-state index in [9.17, 15) is 4.79 Å². The van der Waals surface area contributed by atoms with Crippen LogP contribution in [0.2, 0.25) is 0 Å². The molecule has 12 nitrogen and oxygen atoms in total. The molecule has 2 aliphatic heterocycles. The largest absolute Gasteiger partial charge is 0.484 e. The predicted octanol–water partition coefficient (Wildman–Crippen LogP) is 6.72. The van der Waals surface area contributed by atoms with Crippen molar-refractivity contribution in [3.8, 4) is 5.75 Å². The minimum absolute atomic E-state index is 0.232. The van der Waals surface area contributed by atoms with Crippen LogP contribution in [0, 0.1) is 16.2 Å². The van der Waals surface area contributed by atoms with E-state index in [2.05, 4.69) is 40.3 Å². The molecule has 3 aromatic rings. The van der Waals surface area contributed by atoms with Crippen LogP contribution in [0.5, 0.6) is 5.75 Å². The molecule has 1 aromatic heterocycles. The highest BCUT2D eigenvalue weighted by Gasteiger charge is 2.31. The Labute approximate surface area is 319 Å². The fourth-order valence-corrected chi connectivity index (χ4v) is 7.53. The second-order valence-electron chi connectivity index (χ2n) is 15.8. The van der Waals surface area contributed by atoms with Crippen molar-refractivity contribution in [1.29, 1.82) is 10.8 Å². The van der Waals surface area contributed by atoms with Gasteiger partial charge in [-0.1, -0.05) is 57.2 Å². The van der Waals surface area contributed by atoms with E-state index in [1.165, 1.54) is 0 Å². The summed E-state index contributed by atoms with van der Waals surface area (Å²) in [4.78, 5) is 23.0. The number of piperidine rings is 1. The lowest BCUT2D eigenvalue weighted by atomic mass is 9.85. The highest BCUT2D eigenvalue weighted by molar-refractivity contribution is 6.05. The molecular weight excluding hydrogens is 679 g/mol. The quantitative estimate of drug-likeness (QED) is 0.134. The van der Waals surface area contributed by atoms with Gasteiger partial charge in [0.25, 0.3) is 0 Å². The van der Waals surface area contributed by atoms with Crippen LogP contribution in [0.25, 0.3) is 0 Å². The number of hydrogen-bond donors (Lipinski definition) is 5. The van der Waals surface area contributed by atoms with E-state index >= 15 is 0 Å². The number of ether oxygens (including phenoxy) is 2. The first-order chi connectivity index (χ1) is 25.9. The summed E-state index contributed by atoms with van der Waals surface area (Å²) in [5.74, 6) is 1.25. The summed E-state index contributed by atoms with van der Waals surface area (Å²) in [6, 6.07) is 19.4. The first-order valence-corrected chi connectivity index (χ1v) is 19.3. The number of carbonyl (C=O) groups is 1. The molecule has 3 aliphatic rings. The fourth-order valence-electron chi connectivity index (χ4n) is 7.53. The van der Waals surface area contributed by atoms with Crippen molar-refractivity contribution in [3.05, 3.63) is 101 Å². The lowest BCUT2D eigenvalue weighted by molar-refractivity contribution is 0.0342. The third-order valence-electron chi connectivity index (χ3n) is 10.7. The minimum atomic E-state index is -0.373. The number of fused-ring (bicyclic) bond motifs is 1. The fraction of sp³-hybridized carbons (Fsp3) is 0.476. The van der Waals surface area contributed by atoms with Crippen LogP contribution in [0.15, 0.2) is 83.6 Å². The Morgan fingerprint density at radius 1 is 1.00 bits per heavy atom. The molecule has 2 fully saturated rings. The maximum atomic E-state index is 13.7. The number of morpholine rings is 1. The smallest absolute Gasteiger partial charge is 0.320 e. The van der Waals surface area contributed by atoms with Crippen molar-refractivity contribution in [1.82, 2.24) is 25.0 Å². The number of pyridine rings is 1. The molecule has 4 atom stereocenters. The van der Waals surface area contributed by atoms with Crippen molar-refractivity contribution >= 4 is 23.5 Å². The summed E-state index contributed by atoms with van der Waals surface area (Å²) >= 11 is 0. The number of amidine groups is 1. The highest BCUT2D eigenvalue weighted by Crippen LogP contribution is 2.38. The van der Waals surface area contributed by atoms with E-state index in [-0.39, 0.29) is 41.2 Å². The number of nitrogens with one attached hydrogen (secondary N) is 4. The molecule has 1 aliphatic carbocycles. The van der Waals surface area contributed by atoms with Crippen LogP contribution in [0.4, 0.5) is 10.5 Å². The molecule has 2 saturated heterocycles. The maximum Gasteiger partial charge on any atom is 0.320 e. The van der Waals surface area contributed by atoms with Crippen molar-refractivity contribution < 1.29 is 14.3 Å². The summed E-state index contributed by atoms with van der Waals surface area (Å²) < 4.78 is 13.7. The van der Waals surface area contributed by atoms with E-state index in [1.54, 1.807) is 29.0 Å². The number of likely N-dealkylation sites (tertiary alicyclic amines) is 1. The molecule has 12 heteroatoms. The zero-order valence-electron chi connectivity index (χ0n) is 32.4. The van der Waals surface area contributed by atoms with Gasteiger partial charge in [-0.15, -0.1) is 0 Å². The number of nitrogens with zero attached hydrogens (tertiary/aromatic N) is 4. The van der Waals surface area contributed by atoms with Crippen LogP contribution in [0.1, 0.15) is 95.6 Å².